The van der Waals surface area contributed by atoms with Crippen LogP contribution in [0.2, 0.25) is 0 Å². The smallest absolute Gasteiger partial charge is 0.225 e. The van der Waals surface area contributed by atoms with Gasteiger partial charge in [-0.1, -0.05) is 12.1 Å². The number of hydrogen-bond donors (Lipinski definition) is 0. The average Bonchev–Trinajstić information content (AvgIpc) is 2.58. The second kappa shape index (κ2) is 6.83. The van der Waals surface area contributed by atoms with Gasteiger partial charge in [0.2, 0.25) is 5.95 Å². The van der Waals surface area contributed by atoms with Gasteiger partial charge in [0.25, 0.3) is 0 Å². The summed E-state index contributed by atoms with van der Waals surface area (Å²) in [6, 6.07) is 9.10. The molecule has 2 aromatic rings. The molecule has 0 bridgehead atoms. The number of nitrogens with zero attached hydrogens (tertiary/aromatic N) is 4. The number of halogens is 1. The van der Waals surface area contributed by atoms with E-state index < -0.39 is 0 Å². The van der Waals surface area contributed by atoms with E-state index in [9.17, 15) is 4.39 Å². The van der Waals surface area contributed by atoms with Crippen LogP contribution in [0.15, 0.2) is 42.7 Å². The summed E-state index contributed by atoms with van der Waals surface area (Å²) in [5.41, 5.74) is 1.18. The lowest BCUT2D eigenvalue weighted by Gasteiger charge is -2.38. The van der Waals surface area contributed by atoms with Gasteiger partial charge < -0.3 is 4.90 Å². The van der Waals surface area contributed by atoms with Gasteiger partial charge in [-0.2, -0.15) is 0 Å². The van der Waals surface area contributed by atoms with Crippen molar-refractivity contribution in [2.45, 2.75) is 19.4 Å². The molecule has 3 rings (SSSR count). The molecule has 1 aromatic heterocycles. The van der Waals surface area contributed by atoms with Crippen LogP contribution in [0.25, 0.3) is 0 Å². The zero-order chi connectivity index (χ0) is 15.4. The van der Waals surface area contributed by atoms with Crippen LogP contribution in [0.1, 0.15) is 12.5 Å². The molecule has 1 atom stereocenters. The lowest BCUT2D eigenvalue weighted by atomic mass is 10.1. The summed E-state index contributed by atoms with van der Waals surface area (Å²) < 4.78 is 13.0. The second-order valence-corrected chi connectivity index (χ2v) is 5.75. The Kier molecular flexibility index (Phi) is 4.63. The molecule has 0 amide bonds. The first-order valence-electron chi connectivity index (χ1n) is 7.73. The number of rotatable bonds is 4. The van der Waals surface area contributed by atoms with Crippen molar-refractivity contribution < 1.29 is 4.39 Å². The Morgan fingerprint density at radius 3 is 2.32 bits per heavy atom. The fraction of sp³-hybridized carbons (Fsp3) is 0.412. The summed E-state index contributed by atoms with van der Waals surface area (Å²) in [5, 5.41) is 0. The van der Waals surface area contributed by atoms with Crippen molar-refractivity contribution in [2.24, 2.45) is 0 Å². The molecule has 1 saturated heterocycles. The lowest BCUT2D eigenvalue weighted by Crippen LogP contribution is -2.50. The van der Waals surface area contributed by atoms with Crippen molar-refractivity contribution in [3.8, 4) is 0 Å². The zero-order valence-electron chi connectivity index (χ0n) is 12.8. The first-order valence-corrected chi connectivity index (χ1v) is 7.73. The largest absolute Gasteiger partial charge is 0.338 e. The molecule has 1 aliphatic rings. The number of hydrogen-bond acceptors (Lipinski definition) is 4. The Labute approximate surface area is 130 Å². The maximum absolute atomic E-state index is 13.0. The molecule has 1 aliphatic heterocycles. The van der Waals surface area contributed by atoms with E-state index in [0.29, 0.717) is 6.04 Å². The van der Waals surface area contributed by atoms with Crippen molar-refractivity contribution in [3.05, 3.63) is 54.1 Å². The van der Waals surface area contributed by atoms with Gasteiger partial charge in [-0.05, 0) is 37.1 Å². The van der Waals surface area contributed by atoms with E-state index in [1.54, 1.807) is 12.4 Å². The highest BCUT2D eigenvalue weighted by Gasteiger charge is 2.22. The molecule has 0 N–H and O–H groups in total. The molecule has 116 valence electrons. The third-order valence-electron chi connectivity index (χ3n) is 4.22. The maximum Gasteiger partial charge on any atom is 0.225 e. The van der Waals surface area contributed by atoms with Gasteiger partial charge in [0.15, 0.2) is 0 Å². The Balaban J connectivity index is 1.53. The molecule has 0 radical (unpaired) electrons. The predicted molar refractivity (Wildman–Crippen MR) is 85.4 cm³/mol. The summed E-state index contributed by atoms with van der Waals surface area (Å²) in [4.78, 5) is 13.3. The van der Waals surface area contributed by atoms with E-state index in [2.05, 4.69) is 26.7 Å². The minimum atomic E-state index is -0.173. The summed E-state index contributed by atoms with van der Waals surface area (Å²) in [6.45, 7) is 6.12. The molecule has 4 nitrogen and oxygen atoms in total. The third kappa shape index (κ3) is 3.60. The van der Waals surface area contributed by atoms with Crippen molar-refractivity contribution in [1.82, 2.24) is 14.9 Å². The number of anilines is 1. The van der Waals surface area contributed by atoms with Gasteiger partial charge in [0, 0.05) is 44.6 Å². The quantitative estimate of drug-likeness (QED) is 0.868. The number of benzene rings is 1. The maximum atomic E-state index is 13.0. The highest BCUT2D eigenvalue weighted by molar-refractivity contribution is 5.29. The van der Waals surface area contributed by atoms with Crippen molar-refractivity contribution >= 4 is 5.95 Å². The Morgan fingerprint density at radius 1 is 1.05 bits per heavy atom. The lowest BCUT2D eigenvalue weighted by molar-refractivity contribution is 0.195. The predicted octanol–water partition coefficient (Wildman–Crippen LogP) is 2.37. The monoisotopic (exact) mass is 300 g/mol. The van der Waals surface area contributed by atoms with Gasteiger partial charge in [0.05, 0.1) is 0 Å². The fourth-order valence-corrected chi connectivity index (χ4v) is 2.91. The minimum absolute atomic E-state index is 0.173. The Bertz CT molecular complexity index is 579. The summed E-state index contributed by atoms with van der Waals surface area (Å²) in [7, 11) is 0. The molecular weight excluding hydrogens is 279 g/mol. The first-order chi connectivity index (χ1) is 10.7. The normalized spacial score (nSPS) is 17.5. The van der Waals surface area contributed by atoms with E-state index in [4.69, 9.17) is 0 Å². The van der Waals surface area contributed by atoms with Gasteiger partial charge in [-0.15, -0.1) is 0 Å². The standard InChI is InChI=1S/C17H21FN4/c1-14(13-15-3-5-16(18)6-4-15)21-9-11-22(12-10-21)17-19-7-2-8-20-17/h2-8,14H,9-13H2,1H3. The summed E-state index contributed by atoms with van der Waals surface area (Å²) in [5.74, 6) is 0.640. The SMILES string of the molecule is CC(Cc1ccc(F)cc1)N1CCN(c2ncccn2)CC1. The van der Waals surface area contributed by atoms with Gasteiger partial charge >= 0.3 is 0 Å². The van der Waals surface area contributed by atoms with Crippen LogP contribution < -0.4 is 4.90 Å². The van der Waals surface area contributed by atoms with E-state index >= 15 is 0 Å². The molecule has 1 fully saturated rings. The Morgan fingerprint density at radius 2 is 1.68 bits per heavy atom. The van der Waals surface area contributed by atoms with E-state index in [0.717, 1.165) is 38.5 Å². The molecule has 0 saturated carbocycles. The van der Waals surface area contributed by atoms with Crippen LogP contribution in [0.3, 0.4) is 0 Å². The van der Waals surface area contributed by atoms with Gasteiger partial charge in [-0.25, -0.2) is 14.4 Å². The molecule has 22 heavy (non-hydrogen) atoms. The average molecular weight is 300 g/mol. The highest BCUT2D eigenvalue weighted by Crippen LogP contribution is 2.15. The van der Waals surface area contributed by atoms with Crippen molar-refractivity contribution in [2.75, 3.05) is 31.1 Å². The van der Waals surface area contributed by atoms with Crippen LogP contribution in [0, 0.1) is 5.82 Å². The number of aromatic nitrogens is 2. The Hall–Kier alpha value is -2.01. The molecule has 1 aromatic carbocycles. The minimum Gasteiger partial charge on any atom is -0.338 e. The fourth-order valence-electron chi connectivity index (χ4n) is 2.91. The third-order valence-corrected chi connectivity index (χ3v) is 4.22. The first kappa shape index (κ1) is 14.9. The molecule has 0 aliphatic carbocycles. The van der Waals surface area contributed by atoms with Gasteiger partial charge in [-0.3, -0.25) is 4.90 Å². The zero-order valence-corrected chi connectivity index (χ0v) is 12.8. The van der Waals surface area contributed by atoms with Crippen LogP contribution in [-0.2, 0) is 6.42 Å². The summed E-state index contributed by atoms with van der Waals surface area (Å²) >= 11 is 0. The van der Waals surface area contributed by atoms with E-state index in [1.165, 1.54) is 17.7 Å². The van der Waals surface area contributed by atoms with Crippen molar-refractivity contribution in [1.29, 1.82) is 0 Å². The number of piperazine rings is 1. The second-order valence-electron chi connectivity index (χ2n) is 5.75. The molecule has 5 heteroatoms. The molecular formula is C17H21FN4. The molecule has 0 spiro atoms. The van der Waals surface area contributed by atoms with Crippen LogP contribution >= 0.6 is 0 Å². The van der Waals surface area contributed by atoms with E-state index in [-0.39, 0.29) is 5.82 Å². The van der Waals surface area contributed by atoms with E-state index in [1.807, 2.05) is 18.2 Å². The van der Waals surface area contributed by atoms with Crippen molar-refractivity contribution in [3.63, 3.8) is 0 Å². The molecule has 1 unspecified atom stereocenters. The molecule has 2 heterocycles. The topological polar surface area (TPSA) is 32.3 Å². The van der Waals surface area contributed by atoms with Crippen LogP contribution in [0.5, 0.6) is 0 Å². The summed E-state index contributed by atoms with van der Waals surface area (Å²) in [6.07, 6.45) is 4.51. The van der Waals surface area contributed by atoms with Crippen LogP contribution in [-0.4, -0.2) is 47.1 Å². The van der Waals surface area contributed by atoms with Gasteiger partial charge in [0.1, 0.15) is 5.82 Å². The highest BCUT2D eigenvalue weighted by atomic mass is 19.1. The van der Waals surface area contributed by atoms with Crippen LogP contribution in [0.4, 0.5) is 10.3 Å².